The van der Waals surface area contributed by atoms with Crippen LogP contribution in [0.4, 0.5) is 18.0 Å². The van der Waals surface area contributed by atoms with E-state index in [0.29, 0.717) is 18.5 Å². The third kappa shape index (κ3) is 4.68. The van der Waals surface area contributed by atoms with Gasteiger partial charge in [-0.05, 0) is 29.5 Å². The lowest BCUT2D eigenvalue weighted by atomic mass is 9.82. The second-order valence-electron chi connectivity index (χ2n) is 7.64. The number of halogens is 3. The monoisotopic (exact) mass is 372 g/mol. The van der Waals surface area contributed by atoms with Gasteiger partial charge in [0.2, 0.25) is 0 Å². The van der Waals surface area contributed by atoms with Crippen molar-refractivity contribution in [3.8, 4) is 0 Å². The number of carbonyl (C=O) groups excluding carboxylic acids is 1. The highest BCUT2D eigenvalue weighted by atomic mass is 19.4. The molecule has 0 aliphatic carbocycles. The van der Waals surface area contributed by atoms with Crippen molar-refractivity contribution in [1.29, 1.82) is 0 Å². The Morgan fingerprint density at radius 2 is 1.92 bits per heavy atom. The van der Waals surface area contributed by atoms with Crippen LogP contribution in [0.15, 0.2) is 24.3 Å². The Kier molecular flexibility index (Phi) is 5.53. The van der Waals surface area contributed by atoms with Crippen molar-refractivity contribution >= 4 is 12.0 Å². The minimum absolute atomic E-state index is 0.0978. The highest BCUT2D eigenvalue weighted by Crippen LogP contribution is 2.36. The van der Waals surface area contributed by atoms with Crippen molar-refractivity contribution in [3.63, 3.8) is 0 Å². The van der Waals surface area contributed by atoms with Crippen molar-refractivity contribution in [3.05, 3.63) is 35.4 Å². The van der Waals surface area contributed by atoms with E-state index < -0.39 is 41.1 Å². The Labute approximate surface area is 150 Å². The summed E-state index contributed by atoms with van der Waals surface area (Å²) >= 11 is 0. The molecule has 5 nitrogen and oxygen atoms in total. The molecule has 2 N–H and O–H groups in total. The highest BCUT2D eigenvalue weighted by Gasteiger charge is 2.36. The molecule has 0 aromatic heterocycles. The first-order chi connectivity index (χ1) is 11.9. The molecule has 0 radical (unpaired) electrons. The van der Waals surface area contributed by atoms with Crippen LogP contribution in [0, 0.1) is 11.3 Å². The number of carbonyl (C=O) groups is 2. The van der Waals surface area contributed by atoms with Crippen LogP contribution in [0.1, 0.15) is 44.4 Å². The molecule has 1 heterocycles. The van der Waals surface area contributed by atoms with E-state index in [9.17, 15) is 22.8 Å². The lowest BCUT2D eigenvalue weighted by molar-refractivity contribution is -0.141. The van der Waals surface area contributed by atoms with Crippen molar-refractivity contribution in [2.75, 3.05) is 13.1 Å². The predicted octanol–water partition coefficient (Wildman–Crippen LogP) is 3.91. The van der Waals surface area contributed by atoms with E-state index >= 15 is 0 Å². The molecule has 1 aliphatic rings. The number of alkyl halides is 3. The van der Waals surface area contributed by atoms with E-state index in [-0.39, 0.29) is 6.54 Å². The second kappa shape index (κ2) is 7.17. The Hall–Kier alpha value is -2.25. The van der Waals surface area contributed by atoms with Gasteiger partial charge in [-0.1, -0.05) is 32.9 Å². The number of amides is 2. The molecule has 2 unspecified atom stereocenters. The number of carboxylic acid groups (broad SMARTS) is 1. The summed E-state index contributed by atoms with van der Waals surface area (Å²) in [6.07, 6.45) is -4.10. The number of nitrogens with zero attached hydrogens (tertiary/aromatic N) is 1. The lowest BCUT2D eigenvalue weighted by Crippen LogP contribution is -2.44. The zero-order valence-electron chi connectivity index (χ0n) is 14.9. The van der Waals surface area contributed by atoms with Gasteiger partial charge in [0.05, 0.1) is 17.5 Å². The zero-order chi connectivity index (χ0) is 19.7. The smallest absolute Gasteiger partial charge is 0.416 e. The standard InChI is InChI=1S/C18H23F3N2O3/c1-17(2,3)14(11-5-4-6-13(9-11)18(19,20)21)22-16(26)23-8-7-12(10-23)15(24)25/h4-6,9,12,14H,7-8,10H2,1-3H3,(H,22,26)(H,24,25). The summed E-state index contributed by atoms with van der Waals surface area (Å²) in [5.74, 6) is -1.56. The van der Waals surface area contributed by atoms with Gasteiger partial charge in [-0.3, -0.25) is 4.79 Å². The molecule has 0 bridgehead atoms. The van der Waals surface area contributed by atoms with Crippen LogP contribution in [-0.4, -0.2) is 35.1 Å². The fourth-order valence-corrected chi connectivity index (χ4v) is 3.06. The van der Waals surface area contributed by atoms with Crippen LogP contribution < -0.4 is 5.32 Å². The zero-order valence-corrected chi connectivity index (χ0v) is 14.9. The number of aliphatic carboxylic acids is 1. The van der Waals surface area contributed by atoms with Crippen LogP contribution >= 0.6 is 0 Å². The van der Waals surface area contributed by atoms with Crippen molar-refractivity contribution in [1.82, 2.24) is 10.2 Å². The molecule has 8 heteroatoms. The van der Waals surface area contributed by atoms with Gasteiger partial charge >= 0.3 is 18.2 Å². The third-order valence-electron chi connectivity index (χ3n) is 4.51. The van der Waals surface area contributed by atoms with E-state index in [0.717, 1.165) is 12.1 Å². The summed E-state index contributed by atoms with van der Waals surface area (Å²) in [6.45, 7) is 5.87. The first-order valence-electron chi connectivity index (χ1n) is 8.35. The van der Waals surface area contributed by atoms with Crippen molar-refractivity contribution in [2.45, 2.75) is 39.4 Å². The van der Waals surface area contributed by atoms with Gasteiger partial charge in [-0.2, -0.15) is 13.2 Å². The second-order valence-corrected chi connectivity index (χ2v) is 7.64. The summed E-state index contributed by atoms with van der Waals surface area (Å²) < 4.78 is 39.0. The number of likely N-dealkylation sites (tertiary alicyclic amines) is 1. The van der Waals surface area contributed by atoms with Gasteiger partial charge in [-0.15, -0.1) is 0 Å². The maximum absolute atomic E-state index is 13.0. The maximum Gasteiger partial charge on any atom is 0.416 e. The summed E-state index contributed by atoms with van der Waals surface area (Å²) in [5.41, 5.74) is -0.952. The minimum Gasteiger partial charge on any atom is -0.481 e. The molecule has 0 spiro atoms. The number of carboxylic acids is 1. The molecule has 2 atom stereocenters. The summed E-state index contributed by atoms with van der Waals surface area (Å²) in [5, 5.41) is 11.8. The number of hydrogen-bond donors (Lipinski definition) is 2. The molecule has 1 saturated heterocycles. The SMILES string of the molecule is CC(C)(C)C(NC(=O)N1CCC(C(=O)O)C1)c1cccc(C(F)(F)F)c1. The molecular weight excluding hydrogens is 349 g/mol. The lowest BCUT2D eigenvalue weighted by Gasteiger charge is -2.33. The van der Waals surface area contributed by atoms with Gasteiger partial charge in [-0.25, -0.2) is 4.79 Å². The molecule has 1 aliphatic heterocycles. The highest BCUT2D eigenvalue weighted by molar-refractivity contribution is 5.77. The first-order valence-corrected chi connectivity index (χ1v) is 8.35. The van der Waals surface area contributed by atoms with E-state index in [1.165, 1.54) is 11.0 Å². The van der Waals surface area contributed by atoms with Gasteiger partial charge in [0, 0.05) is 13.1 Å². The third-order valence-corrected chi connectivity index (χ3v) is 4.51. The molecule has 26 heavy (non-hydrogen) atoms. The summed E-state index contributed by atoms with van der Waals surface area (Å²) in [6, 6.07) is 3.78. The molecule has 1 fully saturated rings. The van der Waals surface area contributed by atoms with E-state index in [4.69, 9.17) is 5.11 Å². The fraction of sp³-hybridized carbons (Fsp3) is 0.556. The number of hydrogen-bond acceptors (Lipinski definition) is 2. The largest absolute Gasteiger partial charge is 0.481 e. The maximum atomic E-state index is 13.0. The number of nitrogens with one attached hydrogen (secondary N) is 1. The van der Waals surface area contributed by atoms with Gasteiger partial charge in [0.15, 0.2) is 0 Å². The molecule has 2 amide bonds. The average Bonchev–Trinajstić information content (AvgIpc) is 3.01. The van der Waals surface area contributed by atoms with Crippen LogP contribution in [0.3, 0.4) is 0 Å². The molecule has 1 aromatic rings. The quantitative estimate of drug-likeness (QED) is 0.845. The Morgan fingerprint density at radius 1 is 1.27 bits per heavy atom. The van der Waals surface area contributed by atoms with E-state index in [1.54, 1.807) is 6.07 Å². The normalized spacial score (nSPS) is 19.3. The van der Waals surface area contributed by atoms with E-state index in [2.05, 4.69) is 5.32 Å². The Morgan fingerprint density at radius 3 is 2.42 bits per heavy atom. The molecule has 2 rings (SSSR count). The van der Waals surface area contributed by atoms with Crippen LogP contribution in [0.25, 0.3) is 0 Å². The minimum atomic E-state index is -4.47. The van der Waals surface area contributed by atoms with Gasteiger partial charge in [0.25, 0.3) is 0 Å². The van der Waals surface area contributed by atoms with Gasteiger partial charge < -0.3 is 15.3 Å². The summed E-state index contributed by atoms with van der Waals surface area (Å²) in [7, 11) is 0. The summed E-state index contributed by atoms with van der Waals surface area (Å²) in [4.78, 5) is 25.0. The number of benzene rings is 1. The number of urea groups is 1. The first kappa shape index (κ1) is 20.1. The number of rotatable bonds is 3. The molecular formula is C18H23F3N2O3. The Bertz CT molecular complexity index is 683. The van der Waals surface area contributed by atoms with Gasteiger partial charge in [0.1, 0.15) is 0 Å². The molecule has 1 aromatic carbocycles. The fourth-order valence-electron chi connectivity index (χ4n) is 3.06. The van der Waals surface area contributed by atoms with Crippen LogP contribution in [0.2, 0.25) is 0 Å². The average molecular weight is 372 g/mol. The van der Waals surface area contributed by atoms with Crippen molar-refractivity contribution < 1.29 is 27.9 Å². The van der Waals surface area contributed by atoms with Crippen molar-refractivity contribution in [2.24, 2.45) is 11.3 Å². The topological polar surface area (TPSA) is 69.6 Å². The Balaban J connectivity index is 2.22. The van der Waals surface area contributed by atoms with Crippen LogP contribution in [-0.2, 0) is 11.0 Å². The predicted molar refractivity (Wildman–Crippen MR) is 89.5 cm³/mol. The van der Waals surface area contributed by atoms with Crippen LogP contribution in [0.5, 0.6) is 0 Å². The molecule has 0 saturated carbocycles. The van der Waals surface area contributed by atoms with E-state index in [1.807, 2.05) is 20.8 Å². The molecule has 144 valence electrons.